The number of hydrogen-bond donors (Lipinski definition) is 1. The normalized spacial score (nSPS) is 11.4. The summed E-state index contributed by atoms with van der Waals surface area (Å²) in [6, 6.07) is 0. The van der Waals surface area contributed by atoms with E-state index in [2.05, 4.69) is 30.2 Å². The molecule has 2 rings (SSSR count). The van der Waals surface area contributed by atoms with Gasteiger partial charge in [0.2, 0.25) is 5.82 Å². The number of imidazole rings is 1. The second-order valence-corrected chi connectivity index (χ2v) is 2.10. The van der Waals surface area contributed by atoms with Crippen LogP contribution >= 0.6 is 0 Å². The van der Waals surface area contributed by atoms with Gasteiger partial charge in [-0.3, -0.25) is 0 Å². The number of H-pyrrole nitrogens is 1. The minimum atomic E-state index is 0.490. The molecule has 0 aromatic carbocycles. The van der Waals surface area contributed by atoms with Crippen LogP contribution < -0.4 is 0 Å². The van der Waals surface area contributed by atoms with Gasteiger partial charge in [-0.1, -0.05) is 0 Å². The maximum atomic E-state index is 4.00. The van der Waals surface area contributed by atoms with Gasteiger partial charge < -0.3 is 4.98 Å². The highest BCUT2D eigenvalue weighted by Crippen LogP contribution is 2.17. The summed E-state index contributed by atoms with van der Waals surface area (Å²) in [4.78, 5) is 14.7. The van der Waals surface area contributed by atoms with Gasteiger partial charge in [0.1, 0.15) is 6.33 Å². The van der Waals surface area contributed by atoms with E-state index in [4.69, 9.17) is 0 Å². The third-order valence-corrected chi connectivity index (χ3v) is 1.39. The van der Waals surface area contributed by atoms with Crippen LogP contribution in [-0.4, -0.2) is 27.0 Å². The van der Waals surface area contributed by atoms with Crippen molar-refractivity contribution in [3.63, 3.8) is 0 Å². The Labute approximate surface area is 67.8 Å². The Balaban J connectivity index is 2.73. The molecule has 0 radical (unpaired) electrons. The lowest BCUT2D eigenvalue weighted by atomic mass is 10.5. The van der Waals surface area contributed by atoms with E-state index in [1.54, 1.807) is 13.4 Å². The maximum Gasteiger partial charge on any atom is 0.205 e. The fourth-order valence-corrected chi connectivity index (χ4v) is 0.920. The van der Waals surface area contributed by atoms with Crippen LogP contribution in [0.25, 0.3) is 11.2 Å². The minimum absolute atomic E-state index is 0.490. The summed E-state index contributed by atoms with van der Waals surface area (Å²) in [6.07, 6.45) is 2.97. The molecule has 0 aliphatic rings. The highest BCUT2D eigenvalue weighted by Gasteiger charge is 2.03. The van der Waals surface area contributed by atoms with Crippen molar-refractivity contribution < 1.29 is 0 Å². The van der Waals surface area contributed by atoms with Crippen LogP contribution in [0.2, 0.25) is 0 Å². The summed E-state index contributed by atoms with van der Waals surface area (Å²) in [6.45, 7) is 0. The highest BCUT2D eigenvalue weighted by molar-refractivity contribution is 5.79. The van der Waals surface area contributed by atoms with E-state index in [1.165, 1.54) is 6.33 Å². The molecule has 0 aliphatic heterocycles. The zero-order chi connectivity index (χ0) is 8.39. The molecule has 0 unspecified atom stereocenters. The molecule has 0 spiro atoms. The van der Waals surface area contributed by atoms with Crippen molar-refractivity contribution in [2.24, 2.45) is 10.2 Å². The molecular formula is C6H6N6. The van der Waals surface area contributed by atoms with Crippen LogP contribution in [0.3, 0.4) is 0 Å². The molecule has 60 valence electrons. The van der Waals surface area contributed by atoms with E-state index >= 15 is 0 Å². The Morgan fingerprint density at radius 1 is 1.33 bits per heavy atom. The highest BCUT2D eigenvalue weighted by atomic mass is 15.2. The molecule has 2 aromatic heterocycles. The van der Waals surface area contributed by atoms with E-state index < -0.39 is 0 Å². The monoisotopic (exact) mass is 162 g/mol. The quantitative estimate of drug-likeness (QED) is 0.637. The molecule has 0 amide bonds. The van der Waals surface area contributed by atoms with E-state index in [9.17, 15) is 0 Å². The second kappa shape index (κ2) is 2.65. The molecule has 0 fully saturated rings. The Bertz CT molecular complexity index is 417. The van der Waals surface area contributed by atoms with Gasteiger partial charge >= 0.3 is 0 Å². The van der Waals surface area contributed by atoms with E-state index in [0.29, 0.717) is 17.0 Å². The van der Waals surface area contributed by atoms with Gasteiger partial charge in [0.15, 0.2) is 11.2 Å². The molecule has 0 atom stereocenters. The minimum Gasteiger partial charge on any atom is -0.329 e. The maximum absolute atomic E-state index is 4.00. The molecule has 2 aromatic rings. The van der Waals surface area contributed by atoms with Crippen LogP contribution in [0.15, 0.2) is 22.9 Å². The topological polar surface area (TPSA) is 79.2 Å². The van der Waals surface area contributed by atoms with E-state index in [0.717, 1.165) is 0 Å². The zero-order valence-electron chi connectivity index (χ0n) is 6.39. The molecule has 0 saturated carbocycles. The number of hydrogen-bond acceptors (Lipinski definition) is 5. The van der Waals surface area contributed by atoms with Crippen molar-refractivity contribution in [3.05, 3.63) is 12.7 Å². The average molecular weight is 162 g/mol. The first-order chi connectivity index (χ1) is 5.92. The van der Waals surface area contributed by atoms with E-state index in [1.807, 2.05) is 0 Å². The summed E-state index contributed by atoms with van der Waals surface area (Å²) < 4.78 is 0. The van der Waals surface area contributed by atoms with Gasteiger partial charge in [-0.05, 0) is 0 Å². The number of nitrogens with zero attached hydrogens (tertiary/aromatic N) is 5. The van der Waals surface area contributed by atoms with Crippen LogP contribution in [0, 0.1) is 0 Å². The van der Waals surface area contributed by atoms with Crippen LogP contribution in [0.1, 0.15) is 0 Å². The molecule has 0 saturated heterocycles. The van der Waals surface area contributed by atoms with Gasteiger partial charge in [0.05, 0.1) is 6.33 Å². The van der Waals surface area contributed by atoms with Crippen molar-refractivity contribution in [2.75, 3.05) is 7.05 Å². The lowest BCUT2D eigenvalue weighted by molar-refractivity contribution is 1.09. The van der Waals surface area contributed by atoms with Crippen molar-refractivity contribution in [3.8, 4) is 0 Å². The van der Waals surface area contributed by atoms with Crippen molar-refractivity contribution in [1.82, 2.24) is 19.9 Å². The number of aromatic amines is 1. The summed E-state index contributed by atoms with van der Waals surface area (Å²) in [5.74, 6) is 0.490. The first-order valence-electron chi connectivity index (χ1n) is 3.35. The van der Waals surface area contributed by atoms with Gasteiger partial charge in [-0.15, -0.1) is 5.11 Å². The summed E-state index contributed by atoms with van der Waals surface area (Å²) in [5, 5.41) is 7.41. The van der Waals surface area contributed by atoms with Crippen LogP contribution in [0.4, 0.5) is 5.82 Å². The van der Waals surface area contributed by atoms with Gasteiger partial charge in [-0.25, -0.2) is 15.0 Å². The smallest absolute Gasteiger partial charge is 0.205 e. The third-order valence-electron chi connectivity index (χ3n) is 1.39. The Morgan fingerprint density at radius 3 is 3.08 bits per heavy atom. The molecule has 12 heavy (non-hydrogen) atoms. The Kier molecular flexibility index (Phi) is 1.51. The third kappa shape index (κ3) is 0.931. The fraction of sp³-hybridized carbons (Fsp3) is 0.167. The number of fused-ring (bicyclic) bond motifs is 1. The number of rotatable bonds is 1. The summed E-state index contributed by atoms with van der Waals surface area (Å²) in [5.41, 5.74) is 1.32. The number of aromatic nitrogens is 4. The lowest BCUT2D eigenvalue weighted by Gasteiger charge is -1.89. The first-order valence-corrected chi connectivity index (χ1v) is 3.35. The molecule has 0 bridgehead atoms. The first kappa shape index (κ1) is 6.84. The van der Waals surface area contributed by atoms with Gasteiger partial charge in [-0.2, -0.15) is 5.11 Å². The number of nitrogens with one attached hydrogen (secondary N) is 1. The van der Waals surface area contributed by atoms with Crippen LogP contribution in [-0.2, 0) is 0 Å². The standard InChI is InChI=1S/C6H6N6/c1-7-12-6-4-5(9-2-8-4)10-3-11-6/h2-3H,1H3,(H,8,9,10,11)/b12-7+. The van der Waals surface area contributed by atoms with Crippen molar-refractivity contribution in [1.29, 1.82) is 0 Å². The van der Waals surface area contributed by atoms with Gasteiger partial charge in [0.25, 0.3) is 0 Å². The predicted octanol–water partition coefficient (Wildman–Crippen LogP) is 1.07. The average Bonchev–Trinajstić information content (AvgIpc) is 2.53. The molecule has 1 N–H and O–H groups in total. The number of azo groups is 1. The van der Waals surface area contributed by atoms with Gasteiger partial charge in [0, 0.05) is 7.05 Å². The molecule has 0 aliphatic carbocycles. The van der Waals surface area contributed by atoms with E-state index in [-0.39, 0.29) is 0 Å². The molecule has 2 heterocycles. The molecule has 6 heteroatoms. The summed E-state index contributed by atoms with van der Waals surface area (Å²) in [7, 11) is 1.58. The van der Waals surface area contributed by atoms with Crippen molar-refractivity contribution >= 4 is 17.0 Å². The van der Waals surface area contributed by atoms with Crippen LogP contribution in [0.5, 0.6) is 0 Å². The molecular weight excluding hydrogens is 156 g/mol. The fourth-order valence-electron chi connectivity index (χ4n) is 0.920. The Morgan fingerprint density at radius 2 is 2.25 bits per heavy atom. The molecule has 6 nitrogen and oxygen atoms in total. The largest absolute Gasteiger partial charge is 0.329 e. The summed E-state index contributed by atoms with van der Waals surface area (Å²) >= 11 is 0. The zero-order valence-corrected chi connectivity index (χ0v) is 6.39. The Hall–Kier alpha value is -1.85. The SMILES string of the molecule is C/N=N/c1ncnc2[nH]cnc12. The lowest BCUT2D eigenvalue weighted by Crippen LogP contribution is -1.80. The second-order valence-electron chi connectivity index (χ2n) is 2.10. The van der Waals surface area contributed by atoms with Crippen molar-refractivity contribution in [2.45, 2.75) is 0 Å². The predicted molar refractivity (Wildman–Crippen MR) is 42.1 cm³/mol.